The molecule has 1 atom stereocenters. The fraction of sp³-hybridized carbons (Fsp3) is 0.929. The molecule has 0 amide bonds. The smallest absolute Gasteiger partial charge is 0.306 e. The lowest BCUT2D eigenvalue weighted by atomic mass is 9.68. The standard InChI is InChI=1S/C14H26O2/c1-10(13(15)16)9-11-5-7-12(8-6-11)14(2,3)4/h10-12H,5-9H2,1-4H3,(H,15,16). The van der Waals surface area contributed by atoms with Gasteiger partial charge in [-0.1, -0.05) is 40.5 Å². The quantitative estimate of drug-likeness (QED) is 0.791. The third-order valence-corrected chi connectivity index (χ3v) is 4.18. The summed E-state index contributed by atoms with van der Waals surface area (Å²) in [6, 6.07) is 0. The van der Waals surface area contributed by atoms with Crippen LogP contribution >= 0.6 is 0 Å². The highest BCUT2D eigenvalue weighted by Crippen LogP contribution is 2.41. The first-order valence-electron chi connectivity index (χ1n) is 6.53. The summed E-state index contributed by atoms with van der Waals surface area (Å²) < 4.78 is 0. The van der Waals surface area contributed by atoms with Crippen LogP contribution in [0.5, 0.6) is 0 Å². The molecular formula is C14H26O2. The number of rotatable bonds is 3. The van der Waals surface area contributed by atoms with Crippen LogP contribution in [0.1, 0.15) is 59.8 Å². The first-order chi connectivity index (χ1) is 7.30. The summed E-state index contributed by atoms with van der Waals surface area (Å²) in [7, 11) is 0. The number of aliphatic carboxylic acids is 1. The third-order valence-electron chi connectivity index (χ3n) is 4.18. The molecule has 0 saturated heterocycles. The Hall–Kier alpha value is -0.530. The third kappa shape index (κ3) is 3.80. The van der Waals surface area contributed by atoms with Gasteiger partial charge in [-0.05, 0) is 36.5 Å². The zero-order valence-corrected chi connectivity index (χ0v) is 11.1. The predicted molar refractivity (Wildman–Crippen MR) is 66.3 cm³/mol. The van der Waals surface area contributed by atoms with Crippen LogP contribution < -0.4 is 0 Å². The molecule has 2 nitrogen and oxygen atoms in total. The van der Waals surface area contributed by atoms with E-state index in [1.165, 1.54) is 25.7 Å². The van der Waals surface area contributed by atoms with Gasteiger partial charge in [-0.2, -0.15) is 0 Å². The molecule has 1 N–H and O–H groups in total. The van der Waals surface area contributed by atoms with Gasteiger partial charge in [0.25, 0.3) is 0 Å². The minimum atomic E-state index is -0.641. The lowest BCUT2D eigenvalue weighted by Gasteiger charge is -2.37. The van der Waals surface area contributed by atoms with E-state index in [0.29, 0.717) is 11.3 Å². The van der Waals surface area contributed by atoms with Crippen molar-refractivity contribution in [2.24, 2.45) is 23.2 Å². The Morgan fingerprint density at radius 2 is 1.75 bits per heavy atom. The Morgan fingerprint density at radius 3 is 2.12 bits per heavy atom. The van der Waals surface area contributed by atoms with Crippen molar-refractivity contribution in [3.63, 3.8) is 0 Å². The first-order valence-corrected chi connectivity index (χ1v) is 6.53. The van der Waals surface area contributed by atoms with Crippen LogP contribution in [-0.4, -0.2) is 11.1 Å². The van der Waals surface area contributed by atoms with E-state index in [9.17, 15) is 4.79 Å². The topological polar surface area (TPSA) is 37.3 Å². The molecule has 0 aromatic heterocycles. The first kappa shape index (κ1) is 13.5. The molecule has 1 saturated carbocycles. The molecular weight excluding hydrogens is 200 g/mol. The maximum Gasteiger partial charge on any atom is 0.306 e. The predicted octanol–water partition coefficient (Wildman–Crippen LogP) is 3.95. The molecule has 1 fully saturated rings. The van der Waals surface area contributed by atoms with Crippen LogP contribution in [0.2, 0.25) is 0 Å². The van der Waals surface area contributed by atoms with Gasteiger partial charge >= 0.3 is 5.97 Å². The van der Waals surface area contributed by atoms with E-state index in [4.69, 9.17) is 5.11 Å². The van der Waals surface area contributed by atoms with Crippen LogP contribution in [0.25, 0.3) is 0 Å². The number of hydrogen-bond donors (Lipinski definition) is 1. The molecule has 0 aliphatic heterocycles. The van der Waals surface area contributed by atoms with E-state index < -0.39 is 5.97 Å². The van der Waals surface area contributed by atoms with Crippen LogP contribution in [0.3, 0.4) is 0 Å². The lowest BCUT2D eigenvalue weighted by Crippen LogP contribution is -2.27. The van der Waals surface area contributed by atoms with E-state index >= 15 is 0 Å². The summed E-state index contributed by atoms with van der Waals surface area (Å²) >= 11 is 0. The van der Waals surface area contributed by atoms with Gasteiger partial charge in [-0.25, -0.2) is 0 Å². The second-order valence-electron chi connectivity index (χ2n) is 6.56. The minimum Gasteiger partial charge on any atom is -0.481 e. The zero-order chi connectivity index (χ0) is 12.3. The summed E-state index contributed by atoms with van der Waals surface area (Å²) in [6.07, 6.45) is 5.87. The van der Waals surface area contributed by atoms with Gasteiger partial charge in [0.15, 0.2) is 0 Å². The molecule has 2 heteroatoms. The van der Waals surface area contributed by atoms with E-state index in [1.807, 2.05) is 6.92 Å². The number of carboxylic acid groups (broad SMARTS) is 1. The van der Waals surface area contributed by atoms with Gasteiger partial charge in [0, 0.05) is 0 Å². The number of hydrogen-bond acceptors (Lipinski definition) is 1. The molecule has 0 aromatic carbocycles. The van der Waals surface area contributed by atoms with Gasteiger partial charge < -0.3 is 5.11 Å². The minimum absolute atomic E-state index is 0.170. The van der Waals surface area contributed by atoms with Gasteiger partial charge in [-0.3, -0.25) is 4.79 Å². The number of carboxylic acids is 1. The van der Waals surface area contributed by atoms with Gasteiger partial charge in [0.1, 0.15) is 0 Å². The monoisotopic (exact) mass is 226 g/mol. The molecule has 0 bridgehead atoms. The fourth-order valence-electron chi connectivity index (χ4n) is 2.86. The Balaban J connectivity index is 2.35. The van der Waals surface area contributed by atoms with E-state index in [2.05, 4.69) is 20.8 Å². The van der Waals surface area contributed by atoms with Gasteiger partial charge in [0.05, 0.1) is 5.92 Å². The Labute approximate surface area is 99.4 Å². The lowest BCUT2D eigenvalue weighted by molar-refractivity contribution is -0.141. The summed E-state index contributed by atoms with van der Waals surface area (Å²) in [4.78, 5) is 10.8. The van der Waals surface area contributed by atoms with Crippen molar-refractivity contribution in [1.29, 1.82) is 0 Å². The summed E-state index contributed by atoms with van der Waals surface area (Å²) in [5.74, 6) is 0.655. The SMILES string of the molecule is CC(CC1CCC(C(C)(C)C)CC1)C(=O)O. The Morgan fingerprint density at radius 1 is 1.25 bits per heavy atom. The van der Waals surface area contributed by atoms with Gasteiger partial charge in [0.2, 0.25) is 0 Å². The molecule has 16 heavy (non-hydrogen) atoms. The summed E-state index contributed by atoms with van der Waals surface area (Å²) in [5, 5.41) is 8.89. The maximum atomic E-state index is 10.8. The number of carbonyl (C=O) groups is 1. The normalized spacial score (nSPS) is 28.8. The molecule has 0 aromatic rings. The van der Waals surface area contributed by atoms with Crippen molar-refractivity contribution >= 4 is 5.97 Å². The average Bonchev–Trinajstić information content (AvgIpc) is 2.17. The second-order valence-corrected chi connectivity index (χ2v) is 6.56. The van der Waals surface area contributed by atoms with Crippen molar-refractivity contribution in [2.75, 3.05) is 0 Å². The van der Waals surface area contributed by atoms with Gasteiger partial charge in [-0.15, -0.1) is 0 Å². The molecule has 0 heterocycles. The molecule has 1 aliphatic rings. The van der Waals surface area contributed by atoms with Crippen LogP contribution in [0.4, 0.5) is 0 Å². The van der Waals surface area contributed by atoms with Crippen LogP contribution in [0, 0.1) is 23.2 Å². The molecule has 1 unspecified atom stereocenters. The van der Waals surface area contributed by atoms with Crippen molar-refractivity contribution in [3.8, 4) is 0 Å². The molecule has 0 spiro atoms. The summed E-state index contributed by atoms with van der Waals surface area (Å²) in [5.41, 5.74) is 0.420. The average molecular weight is 226 g/mol. The van der Waals surface area contributed by atoms with E-state index in [-0.39, 0.29) is 5.92 Å². The highest BCUT2D eigenvalue weighted by Gasteiger charge is 2.30. The largest absolute Gasteiger partial charge is 0.481 e. The Kier molecular flexibility index (Phi) is 4.40. The second kappa shape index (κ2) is 5.20. The summed E-state index contributed by atoms with van der Waals surface area (Å²) in [6.45, 7) is 8.78. The van der Waals surface area contributed by atoms with Crippen molar-refractivity contribution < 1.29 is 9.90 Å². The van der Waals surface area contributed by atoms with E-state index in [0.717, 1.165) is 12.3 Å². The van der Waals surface area contributed by atoms with Crippen molar-refractivity contribution in [3.05, 3.63) is 0 Å². The van der Waals surface area contributed by atoms with E-state index in [1.54, 1.807) is 0 Å². The Bertz CT molecular complexity index is 232. The molecule has 94 valence electrons. The maximum absolute atomic E-state index is 10.8. The highest BCUT2D eigenvalue weighted by molar-refractivity contribution is 5.69. The fourth-order valence-corrected chi connectivity index (χ4v) is 2.86. The molecule has 1 rings (SSSR count). The van der Waals surface area contributed by atoms with Crippen LogP contribution in [-0.2, 0) is 4.79 Å². The van der Waals surface area contributed by atoms with Crippen molar-refractivity contribution in [1.82, 2.24) is 0 Å². The molecule has 1 aliphatic carbocycles. The van der Waals surface area contributed by atoms with Crippen LogP contribution in [0.15, 0.2) is 0 Å². The molecule has 0 radical (unpaired) electrons. The highest BCUT2D eigenvalue weighted by atomic mass is 16.4. The zero-order valence-electron chi connectivity index (χ0n) is 11.1. The van der Waals surface area contributed by atoms with Crippen molar-refractivity contribution in [2.45, 2.75) is 59.8 Å².